The molecule has 1 heterocycles. The normalized spacial score (nSPS) is 11.6. The summed E-state index contributed by atoms with van der Waals surface area (Å²) >= 11 is 5.90. The summed E-state index contributed by atoms with van der Waals surface area (Å²) in [6.45, 7) is 6.84. The van der Waals surface area contributed by atoms with Crippen LogP contribution in [0.5, 0.6) is 11.5 Å². The Morgan fingerprint density at radius 1 is 1.00 bits per heavy atom. The van der Waals surface area contributed by atoms with Gasteiger partial charge in [0, 0.05) is 22.7 Å². The molecule has 2 aromatic carbocycles. The molecule has 0 atom stereocenters. The first-order valence-corrected chi connectivity index (χ1v) is 9.97. The number of halogens is 1. The molecule has 0 saturated carbocycles. The molecule has 0 saturated heterocycles. The molecular weight excluding hydrogens is 400 g/mol. The molecule has 0 bridgehead atoms. The Labute approximate surface area is 181 Å². The van der Waals surface area contributed by atoms with Gasteiger partial charge < -0.3 is 9.47 Å². The fraction of sp³-hybridized carbons (Fsp3) is 0.250. The topological polar surface area (TPSA) is 53.4 Å². The van der Waals surface area contributed by atoms with Gasteiger partial charge in [0.05, 0.1) is 25.6 Å². The highest BCUT2D eigenvalue weighted by Gasteiger charge is 2.14. The summed E-state index contributed by atoms with van der Waals surface area (Å²) < 4.78 is 12.6. The molecule has 3 aromatic rings. The van der Waals surface area contributed by atoms with E-state index in [-0.39, 0.29) is 11.0 Å². The quantitative estimate of drug-likeness (QED) is 0.525. The first-order valence-electron chi connectivity index (χ1n) is 9.59. The third kappa shape index (κ3) is 5.74. The number of methoxy groups -OCH3 is 1. The lowest BCUT2D eigenvalue weighted by molar-refractivity contribution is 0.191. The van der Waals surface area contributed by atoms with Gasteiger partial charge in [-0.15, -0.1) is 0 Å². The van der Waals surface area contributed by atoms with Gasteiger partial charge in [0.1, 0.15) is 0 Å². The summed E-state index contributed by atoms with van der Waals surface area (Å²) in [5.41, 5.74) is 2.09. The first kappa shape index (κ1) is 21.7. The molecule has 0 radical (unpaired) electrons. The highest BCUT2D eigenvalue weighted by molar-refractivity contribution is 6.30. The van der Waals surface area contributed by atoms with Gasteiger partial charge in [-0.3, -0.25) is 4.79 Å². The average molecular weight is 425 g/mol. The maximum Gasteiger partial charge on any atom is 0.272 e. The third-order valence-corrected chi connectivity index (χ3v) is 4.46. The van der Waals surface area contributed by atoms with Crippen LogP contribution in [0.25, 0.3) is 17.8 Å². The van der Waals surface area contributed by atoms with E-state index in [9.17, 15) is 4.79 Å². The van der Waals surface area contributed by atoms with E-state index in [1.165, 1.54) is 10.7 Å². The minimum Gasteiger partial charge on any atom is -0.493 e. The summed E-state index contributed by atoms with van der Waals surface area (Å²) in [5, 5.41) is 4.98. The Morgan fingerprint density at radius 3 is 2.33 bits per heavy atom. The standard InChI is InChI=1S/C24H25ClN2O3/c1-24(2,3)16-30-21-12-11-20(14-22(21)29-4)27-23(28)13-18(15-26-27)6-5-17-7-9-19(25)10-8-17/h5-15H,16H2,1-4H3/b6-5+. The van der Waals surface area contributed by atoms with E-state index in [0.717, 1.165) is 5.56 Å². The highest BCUT2D eigenvalue weighted by atomic mass is 35.5. The van der Waals surface area contributed by atoms with Crippen molar-refractivity contribution < 1.29 is 9.47 Å². The maximum absolute atomic E-state index is 12.6. The van der Waals surface area contributed by atoms with Crippen molar-refractivity contribution in [2.24, 2.45) is 5.41 Å². The SMILES string of the molecule is COc1cc(-n2ncc(/C=C/c3ccc(Cl)cc3)cc2=O)ccc1OCC(C)(C)C. The van der Waals surface area contributed by atoms with Crippen molar-refractivity contribution in [1.29, 1.82) is 0 Å². The molecule has 5 nitrogen and oxygen atoms in total. The van der Waals surface area contributed by atoms with Crippen molar-refractivity contribution in [3.63, 3.8) is 0 Å². The number of rotatable bonds is 6. The number of nitrogens with zero attached hydrogens (tertiary/aromatic N) is 2. The van der Waals surface area contributed by atoms with Crippen molar-refractivity contribution in [1.82, 2.24) is 9.78 Å². The number of aromatic nitrogens is 2. The maximum atomic E-state index is 12.6. The Morgan fingerprint density at radius 2 is 1.70 bits per heavy atom. The van der Waals surface area contributed by atoms with E-state index in [1.807, 2.05) is 36.4 Å². The molecule has 0 unspecified atom stereocenters. The number of hydrogen-bond acceptors (Lipinski definition) is 4. The summed E-state index contributed by atoms with van der Waals surface area (Å²) in [5.74, 6) is 1.18. The highest BCUT2D eigenvalue weighted by Crippen LogP contribution is 2.30. The molecule has 0 aliphatic carbocycles. The van der Waals surface area contributed by atoms with E-state index < -0.39 is 0 Å². The fourth-order valence-electron chi connectivity index (χ4n) is 2.68. The van der Waals surface area contributed by atoms with E-state index in [2.05, 4.69) is 25.9 Å². The molecule has 0 spiro atoms. The minimum atomic E-state index is -0.237. The molecule has 1 aromatic heterocycles. The molecule has 156 valence electrons. The summed E-state index contributed by atoms with van der Waals surface area (Å²) in [6, 6.07) is 14.3. The van der Waals surface area contributed by atoms with Crippen LogP contribution in [0, 0.1) is 5.41 Å². The molecule has 0 amide bonds. The first-order chi connectivity index (χ1) is 14.2. The van der Waals surface area contributed by atoms with Gasteiger partial charge in [-0.25, -0.2) is 0 Å². The van der Waals surface area contributed by atoms with Crippen molar-refractivity contribution in [2.75, 3.05) is 13.7 Å². The monoisotopic (exact) mass is 424 g/mol. The van der Waals surface area contributed by atoms with Gasteiger partial charge >= 0.3 is 0 Å². The van der Waals surface area contributed by atoms with E-state index in [1.54, 1.807) is 31.5 Å². The van der Waals surface area contributed by atoms with Crippen molar-refractivity contribution in [3.8, 4) is 17.2 Å². The fourth-order valence-corrected chi connectivity index (χ4v) is 2.80. The van der Waals surface area contributed by atoms with Gasteiger partial charge in [-0.05, 0) is 35.2 Å². The van der Waals surface area contributed by atoms with Crippen LogP contribution in [-0.2, 0) is 0 Å². The van der Waals surface area contributed by atoms with Crippen LogP contribution in [0.1, 0.15) is 31.9 Å². The molecule has 3 rings (SSSR count). The second kappa shape index (κ2) is 9.18. The Bertz CT molecular complexity index is 1100. The third-order valence-electron chi connectivity index (χ3n) is 4.21. The van der Waals surface area contributed by atoms with Crippen molar-refractivity contribution in [2.45, 2.75) is 20.8 Å². The number of ether oxygens (including phenoxy) is 2. The van der Waals surface area contributed by atoms with E-state index >= 15 is 0 Å². The summed E-state index contributed by atoms with van der Waals surface area (Å²) in [4.78, 5) is 12.6. The lowest BCUT2D eigenvalue weighted by Crippen LogP contribution is -2.20. The van der Waals surface area contributed by atoms with E-state index in [4.69, 9.17) is 21.1 Å². The smallest absolute Gasteiger partial charge is 0.272 e. The lowest BCUT2D eigenvalue weighted by Gasteiger charge is -2.20. The van der Waals surface area contributed by atoms with Gasteiger partial charge in [0.2, 0.25) is 0 Å². The van der Waals surface area contributed by atoms with Crippen LogP contribution in [0.3, 0.4) is 0 Å². The van der Waals surface area contributed by atoms with Gasteiger partial charge in [-0.2, -0.15) is 9.78 Å². The Kier molecular flexibility index (Phi) is 6.63. The van der Waals surface area contributed by atoms with Crippen molar-refractivity contribution >= 4 is 23.8 Å². The van der Waals surface area contributed by atoms with E-state index in [0.29, 0.717) is 34.4 Å². The lowest BCUT2D eigenvalue weighted by atomic mass is 9.99. The molecule has 30 heavy (non-hydrogen) atoms. The largest absolute Gasteiger partial charge is 0.493 e. The zero-order valence-corrected chi connectivity index (χ0v) is 18.3. The van der Waals surface area contributed by atoms with Gasteiger partial charge in [0.15, 0.2) is 11.5 Å². The number of hydrogen-bond donors (Lipinski definition) is 0. The predicted molar refractivity (Wildman–Crippen MR) is 122 cm³/mol. The molecule has 0 aliphatic heterocycles. The Hall–Kier alpha value is -3.05. The summed E-state index contributed by atoms with van der Waals surface area (Å²) in [7, 11) is 1.57. The molecular formula is C24H25ClN2O3. The predicted octanol–water partition coefficient (Wildman–Crippen LogP) is 5.49. The van der Waals surface area contributed by atoms with Crippen LogP contribution in [-0.4, -0.2) is 23.5 Å². The van der Waals surface area contributed by atoms with Crippen LogP contribution < -0.4 is 15.0 Å². The molecule has 6 heteroatoms. The zero-order chi connectivity index (χ0) is 21.7. The number of benzene rings is 2. The zero-order valence-electron chi connectivity index (χ0n) is 17.6. The Balaban J connectivity index is 1.82. The second-order valence-corrected chi connectivity index (χ2v) is 8.54. The van der Waals surface area contributed by atoms with Crippen LogP contribution >= 0.6 is 11.6 Å². The summed E-state index contributed by atoms with van der Waals surface area (Å²) in [6.07, 6.45) is 5.39. The van der Waals surface area contributed by atoms with Crippen LogP contribution in [0.2, 0.25) is 5.02 Å². The van der Waals surface area contributed by atoms with Crippen LogP contribution in [0.4, 0.5) is 0 Å². The van der Waals surface area contributed by atoms with Crippen LogP contribution in [0.15, 0.2) is 59.5 Å². The molecule has 0 N–H and O–H groups in total. The van der Waals surface area contributed by atoms with Gasteiger partial charge in [0.25, 0.3) is 5.56 Å². The molecule has 0 aliphatic rings. The van der Waals surface area contributed by atoms with Gasteiger partial charge in [-0.1, -0.05) is 56.7 Å². The second-order valence-electron chi connectivity index (χ2n) is 8.11. The van der Waals surface area contributed by atoms with Crippen molar-refractivity contribution in [3.05, 3.63) is 81.2 Å². The minimum absolute atomic E-state index is 0.0253. The average Bonchev–Trinajstić information content (AvgIpc) is 2.71. The molecule has 0 fully saturated rings.